The van der Waals surface area contributed by atoms with Crippen LogP contribution >= 0.6 is 11.8 Å². The van der Waals surface area contributed by atoms with Gasteiger partial charge in [-0.15, -0.1) is 0 Å². The first-order valence-electron chi connectivity index (χ1n) is 5.79. The highest BCUT2D eigenvalue weighted by atomic mass is 32.2. The van der Waals surface area contributed by atoms with Crippen LogP contribution in [0.5, 0.6) is 0 Å². The van der Waals surface area contributed by atoms with Gasteiger partial charge in [-0.25, -0.2) is 13.1 Å². The molecule has 0 aliphatic carbocycles. The fraction of sp³-hybridized carbons (Fsp3) is 1.00. The number of hydrogen-bond donors (Lipinski definition) is 1. The van der Waals surface area contributed by atoms with Crippen molar-refractivity contribution in [1.29, 1.82) is 0 Å². The second-order valence-electron chi connectivity index (χ2n) is 4.15. The SMILES string of the molecule is CCS(=O)(=O)NCCN1CCSC(C)C1C. The van der Waals surface area contributed by atoms with Gasteiger partial charge in [0, 0.05) is 36.7 Å². The van der Waals surface area contributed by atoms with E-state index in [4.69, 9.17) is 0 Å². The Hall–Kier alpha value is 0.220. The van der Waals surface area contributed by atoms with Crippen molar-refractivity contribution in [3.8, 4) is 0 Å². The van der Waals surface area contributed by atoms with E-state index in [0.29, 0.717) is 17.8 Å². The molecule has 0 aromatic heterocycles. The first-order chi connectivity index (χ1) is 7.46. The van der Waals surface area contributed by atoms with Crippen LogP contribution in [0.15, 0.2) is 0 Å². The van der Waals surface area contributed by atoms with E-state index >= 15 is 0 Å². The highest BCUT2D eigenvalue weighted by Crippen LogP contribution is 2.23. The second-order valence-corrected chi connectivity index (χ2v) is 7.73. The smallest absolute Gasteiger partial charge is 0.211 e. The van der Waals surface area contributed by atoms with Crippen molar-refractivity contribution in [2.75, 3.05) is 31.1 Å². The molecule has 16 heavy (non-hydrogen) atoms. The van der Waals surface area contributed by atoms with E-state index in [1.165, 1.54) is 0 Å². The van der Waals surface area contributed by atoms with Crippen molar-refractivity contribution < 1.29 is 8.42 Å². The van der Waals surface area contributed by atoms with Crippen LogP contribution in [0.1, 0.15) is 20.8 Å². The minimum Gasteiger partial charge on any atom is -0.297 e. The predicted octanol–water partition coefficient (Wildman–Crippen LogP) is 0.751. The average molecular weight is 266 g/mol. The van der Waals surface area contributed by atoms with E-state index in [1.807, 2.05) is 11.8 Å². The topological polar surface area (TPSA) is 49.4 Å². The molecule has 0 radical (unpaired) electrons. The van der Waals surface area contributed by atoms with Gasteiger partial charge in [0.2, 0.25) is 10.0 Å². The minimum atomic E-state index is -3.03. The molecule has 2 atom stereocenters. The van der Waals surface area contributed by atoms with Crippen molar-refractivity contribution in [3.05, 3.63) is 0 Å². The lowest BCUT2D eigenvalue weighted by molar-refractivity contribution is 0.217. The summed E-state index contributed by atoms with van der Waals surface area (Å²) in [5, 5.41) is 0.636. The molecule has 1 aliphatic heterocycles. The van der Waals surface area contributed by atoms with Gasteiger partial charge in [0.15, 0.2) is 0 Å². The van der Waals surface area contributed by atoms with Crippen LogP contribution in [-0.4, -0.2) is 55.7 Å². The molecule has 1 saturated heterocycles. The quantitative estimate of drug-likeness (QED) is 0.798. The lowest BCUT2D eigenvalue weighted by Crippen LogP contribution is -2.47. The monoisotopic (exact) mass is 266 g/mol. The second kappa shape index (κ2) is 6.23. The van der Waals surface area contributed by atoms with Crippen LogP contribution in [0, 0.1) is 0 Å². The molecule has 1 rings (SSSR count). The highest BCUT2D eigenvalue weighted by Gasteiger charge is 2.24. The summed E-state index contributed by atoms with van der Waals surface area (Å²) in [6.45, 7) is 8.50. The van der Waals surface area contributed by atoms with E-state index in [0.717, 1.165) is 18.8 Å². The number of thioether (sulfide) groups is 1. The maximum absolute atomic E-state index is 11.3. The van der Waals surface area contributed by atoms with E-state index in [1.54, 1.807) is 6.92 Å². The molecule has 0 amide bonds. The van der Waals surface area contributed by atoms with Gasteiger partial charge >= 0.3 is 0 Å². The molecule has 1 N–H and O–H groups in total. The van der Waals surface area contributed by atoms with Gasteiger partial charge in [0.25, 0.3) is 0 Å². The van der Waals surface area contributed by atoms with Gasteiger partial charge in [-0.1, -0.05) is 6.92 Å². The Morgan fingerprint density at radius 2 is 2.12 bits per heavy atom. The maximum atomic E-state index is 11.3. The largest absolute Gasteiger partial charge is 0.297 e. The molecular weight excluding hydrogens is 244 g/mol. The predicted molar refractivity (Wildman–Crippen MR) is 70.4 cm³/mol. The van der Waals surface area contributed by atoms with Crippen LogP contribution in [0.4, 0.5) is 0 Å². The van der Waals surface area contributed by atoms with Crippen molar-refractivity contribution in [2.24, 2.45) is 0 Å². The van der Waals surface area contributed by atoms with Gasteiger partial charge in [0.1, 0.15) is 0 Å². The molecule has 0 spiro atoms. The first-order valence-corrected chi connectivity index (χ1v) is 8.49. The molecule has 0 saturated carbocycles. The van der Waals surface area contributed by atoms with E-state index in [2.05, 4.69) is 23.5 Å². The zero-order valence-electron chi connectivity index (χ0n) is 10.3. The highest BCUT2D eigenvalue weighted by molar-refractivity contribution is 8.00. The lowest BCUT2D eigenvalue weighted by atomic mass is 10.2. The number of nitrogens with zero attached hydrogens (tertiary/aromatic N) is 1. The van der Waals surface area contributed by atoms with E-state index in [-0.39, 0.29) is 5.75 Å². The Morgan fingerprint density at radius 3 is 2.75 bits per heavy atom. The van der Waals surface area contributed by atoms with Gasteiger partial charge in [-0.05, 0) is 13.8 Å². The third kappa shape index (κ3) is 4.24. The lowest BCUT2D eigenvalue weighted by Gasteiger charge is -2.37. The van der Waals surface area contributed by atoms with Gasteiger partial charge in [-0.3, -0.25) is 4.90 Å². The fourth-order valence-corrected chi connectivity index (χ4v) is 3.53. The number of hydrogen-bond acceptors (Lipinski definition) is 4. The Labute approximate surface area is 103 Å². The Balaban J connectivity index is 2.32. The molecule has 1 heterocycles. The number of nitrogens with one attached hydrogen (secondary N) is 1. The first kappa shape index (κ1) is 14.3. The molecule has 0 bridgehead atoms. The summed E-state index contributed by atoms with van der Waals surface area (Å²) < 4.78 is 25.1. The molecule has 6 heteroatoms. The van der Waals surface area contributed by atoms with Crippen LogP contribution in [0.2, 0.25) is 0 Å². The van der Waals surface area contributed by atoms with Gasteiger partial charge < -0.3 is 0 Å². The Morgan fingerprint density at radius 1 is 1.44 bits per heavy atom. The molecule has 0 aromatic carbocycles. The number of rotatable bonds is 5. The van der Waals surface area contributed by atoms with Crippen LogP contribution in [-0.2, 0) is 10.0 Å². The van der Waals surface area contributed by atoms with E-state index in [9.17, 15) is 8.42 Å². The normalized spacial score (nSPS) is 28.2. The fourth-order valence-electron chi connectivity index (χ4n) is 1.76. The van der Waals surface area contributed by atoms with Crippen LogP contribution in [0.3, 0.4) is 0 Å². The zero-order chi connectivity index (χ0) is 12.2. The maximum Gasteiger partial charge on any atom is 0.211 e. The molecule has 4 nitrogen and oxygen atoms in total. The summed E-state index contributed by atoms with van der Waals surface area (Å²) in [4.78, 5) is 2.36. The summed E-state index contributed by atoms with van der Waals surface area (Å²) in [7, 11) is -3.03. The molecule has 96 valence electrons. The summed E-state index contributed by atoms with van der Waals surface area (Å²) in [6.07, 6.45) is 0. The third-order valence-electron chi connectivity index (χ3n) is 3.12. The summed E-state index contributed by atoms with van der Waals surface area (Å²) in [6, 6.07) is 0.532. The Kier molecular flexibility index (Phi) is 5.56. The molecular formula is C10H22N2O2S2. The van der Waals surface area contributed by atoms with Gasteiger partial charge in [0.05, 0.1) is 5.75 Å². The summed E-state index contributed by atoms with van der Waals surface area (Å²) in [5.74, 6) is 1.31. The van der Waals surface area contributed by atoms with Crippen molar-refractivity contribution in [3.63, 3.8) is 0 Å². The molecule has 1 fully saturated rings. The summed E-state index contributed by atoms with van der Waals surface area (Å²) in [5.41, 5.74) is 0. The van der Waals surface area contributed by atoms with E-state index < -0.39 is 10.0 Å². The minimum absolute atomic E-state index is 0.162. The van der Waals surface area contributed by atoms with Crippen LogP contribution < -0.4 is 4.72 Å². The molecule has 1 aliphatic rings. The molecule has 2 unspecified atom stereocenters. The standard InChI is InChI=1S/C10H22N2O2S2/c1-4-16(13,14)11-5-6-12-7-8-15-10(3)9(12)2/h9-11H,4-8H2,1-3H3. The Bertz CT molecular complexity index is 306. The number of sulfonamides is 1. The zero-order valence-corrected chi connectivity index (χ0v) is 11.9. The van der Waals surface area contributed by atoms with Crippen molar-refractivity contribution in [1.82, 2.24) is 9.62 Å². The third-order valence-corrected chi connectivity index (χ3v) is 5.86. The van der Waals surface area contributed by atoms with Gasteiger partial charge in [-0.2, -0.15) is 11.8 Å². The molecule has 0 aromatic rings. The van der Waals surface area contributed by atoms with Crippen LogP contribution in [0.25, 0.3) is 0 Å². The average Bonchev–Trinajstić information content (AvgIpc) is 2.24. The van der Waals surface area contributed by atoms with Crippen molar-refractivity contribution >= 4 is 21.8 Å². The van der Waals surface area contributed by atoms with Crippen molar-refractivity contribution in [2.45, 2.75) is 32.1 Å². The summed E-state index contributed by atoms with van der Waals surface area (Å²) >= 11 is 1.99.